The van der Waals surface area contributed by atoms with Gasteiger partial charge in [0, 0.05) is 11.8 Å². The molecule has 0 radical (unpaired) electrons. The van der Waals surface area contributed by atoms with E-state index in [0.717, 1.165) is 23.3 Å². The van der Waals surface area contributed by atoms with E-state index in [9.17, 15) is 9.59 Å². The lowest BCUT2D eigenvalue weighted by Gasteiger charge is -1.99. The van der Waals surface area contributed by atoms with Gasteiger partial charge >= 0.3 is 11.9 Å². The molecule has 0 atom stereocenters. The molecule has 0 heterocycles. The maximum absolute atomic E-state index is 10.7. The van der Waals surface area contributed by atoms with E-state index < -0.39 is 0 Å². The molecule has 4 nitrogen and oxygen atoms in total. The summed E-state index contributed by atoms with van der Waals surface area (Å²) < 4.78 is 9.17. The van der Waals surface area contributed by atoms with Gasteiger partial charge in [0.1, 0.15) is 0 Å². The van der Waals surface area contributed by atoms with Gasteiger partial charge in [0.2, 0.25) is 0 Å². The lowest BCUT2D eigenvalue weighted by molar-refractivity contribution is -0.142. The number of thiol groups is 1. The molecule has 0 saturated carbocycles. The Kier molecular flexibility index (Phi) is 28.6. The number of carbonyl (C=O) groups is 2. The largest absolute Gasteiger partial charge is 0.466 e. The van der Waals surface area contributed by atoms with Gasteiger partial charge in [-0.25, -0.2) is 4.79 Å². The molecule has 0 aromatic carbocycles. The van der Waals surface area contributed by atoms with Crippen molar-refractivity contribution in [2.45, 2.75) is 34.1 Å². The van der Waals surface area contributed by atoms with Crippen molar-refractivity contribution in [2.75, 3.05) is 30.5 Å². The van der Waals surface area contributed by atoms with Crippen molar-refractivity contribution >= 4 is 36.3 Å². The quantitative estimate of drug-likeness (QED) is 0.337. The van der Waals surface area contributed by atoms with Crippen molar-refractivity contribution in [2.24, 2.45) is 0 Å². The summed E-state index contributed by atoms with van der Waals surface area (Å²) in [5.41, 5.74) is 0. The fourth-order valence-electron chi connectivity index (χ4n) is 0.734. The van der Waals surface area contributed by atoms with Gasteiger partial charge in [-0.05, 0) is 25.4 Å². The van der Waals surface area contributed by atoms with Crippen LogP contribution in [0.2, 0.25) is 0 Å². The number of rotatable bonds is 7. The zero-order chi connectivity index (χ0) is 16.2. The van der Waals surface area contributed by atoms with E-state index in [4.69, 9.17) is 4.74 Å². The second kappa shape index (κ2) is 23.5. The minimum atomic E-state index is -0.359. The van der Waals surface area contributed by atoms with Crippen LogP contribution in [0, 0.1) is 0 Å². The van der Waals surface area contributed by atoms with Crippen LogP contribution in [0.25, 0.3) is 0 Å². The molecule has 0 fully saturated rings. The van der Waals surface area contributed by atoms with Crippen LogP contribution in [0.15, 0.2) is 12.7 Å². The maximum atomic E-state index is 10.7. The van der Waals surface area contributed by atoms with Crippen LogP contribution in [0.3, 0.4) is 0 Å². The number of ether oxygens (including phenoxy) is 2. The number of esters is 2. The maximum Gasteiger partial charge on any atom is 0.330 e. The molecule has 0 unspecified atom stereocenters. The summed E-state index contributed by atoms with van der Waals surface area (Å²) in [7, 11) is 0. The number of thioether (sulfide) groups is 1. The summed E-state index contributed by atoms with van der Waals surface area (Å²) in [5.74, 6) is 2.46. The monoisotopic (exact) mass is 324 g/mol. The highest BCUT2D eigenvalue weighted by molar-refractivity contribution is 7.99. The fourth-order valence-corrected chi connectivity index (χ4v) is 1.33. The highest BCUT2D eigenvalue weighted by Crippen LogP contribution is 2.01. The number of hydrogen-bond acceptors (Lipinski definition) is 6. The average molecular weight is 325 g/mol. The van der Waals surface area contributed by atoms with Crippen molar-refractivity contribution in [3.05, 3.63) is 12.7 Å². The number of carbonyl (C=O) groups excluding carboxylic acids is 2. The zero-order valence-electron chi connectivity index (χ0n) is 13.0. The third kappa shape index (κ3) is 30.4. The number of hydrogen-bond donors (Lipinski definition) is 1. The highest BCUT2D eigenvalue weighted by Gasteiger charge is 1.98. The van der Waals surface area contributed by atoms with Crippen LogP contribution in [-0.2, 0) is 19.1 Å². The Morgan fingerprint density at radius 2 is 1.65 bits per heavy atom. The lowest BCUT2D eigenvalue weighted by Crippen LogP contribution is -2.04. The van der Waals surface area contributed by atoms with E-state index in [-0.39, 0.29) is 11.9 Å². The Balaban J connectivity index is -0.000000251. The van der Waals surface area contributed by atoms with Crippen molar-refractivity contribution in [1.82, 2.24) is 0 Å². The predicted molar refractivity (Wildman–Crippen MR) is 90.6 cm³/mol. The van der Waals surface area contributed by atoms with Crippen LogP contribution < -0.4 is 0 Å². The minimum absolute atomic E-state index is 0.0801. The molecule has 0 bridgehead atoms. The molecule has 0 spiro atoms. The van der Waals surface area contributed by atoms with Crippen LogP contribution >= 0.6 is 24.4 Å². The summed E-state index contributed by atoms with van der Waals surface area (Å²) in [6, 6.07) is 0. The van der Waals surface area contributed by atoms with Gasteiger partial charge in [0.15, 0.2) is 0 Å². The molecule has 0 N–H and O–H groups in total. The van der Waals surface area contributed by atoms with E-state index in [1.165, 1.54) is 0 Å². The normalized spacial score (nSPS) is 8.25. The van der Waals surface area contributed by atoms with Gasteiger partial charge in [-0.3, -0.25) is 4.79 Å². The molecule has 0 rings (SSSR count). The van der Waals surface area contributed by atoms with Gasteiger partial charge in [0.25, 0.3) is 0 Å². The first-order valence-corrected chi connectivity index (χ1v) is 8.45. The second-order valence-corrected chi connectivity index (χ2v) is 5.05. The molecule has 0 saturated heterocycles. The molecule has 0 aliphatic heterocycles. The molecule has 0 aromatic rings. The van der Waals surface area contributed by atoms with Crippen LogP contribution in [0.4, 0.5) is 0 Å². The first kappa shape index (κ1) is 24.4. The molecule has 6 heteroatoms. The molecule has 0 aromatic heterocycles. The minimum Gasteiger partial charge on any atom is -0.466 e. The fraction of sp³-hybridized carbons (Fsp3) is 0.714. The van der Waals surface area contributed by atoms with E-state index in [1.807, 2.05) is 13.8 Å². The Morgan fingerprint density at radius 3 is 1.95 bits per heavy atom. The summed E-state index contributed by atoms with van der Waals surface area (Å²) >= 11 is 5.55. The van der Waals surface area contributed by atoms with Gasteiger partial charge in [-0.15, -0.1) is 0 Å². The highest BCUT2D eigenvalue weighted by atomic mass is 32.2. The summed E-state index contributed by atoms with van der Waals surface area (Å²) in [4.78, 5) is 20.8. The van der Waals surface area contributed by atoms with Gasteiger partial charge < -0.3 is 9.47 Å². The first-order valence-electron chi connectivity index (χ1n) is 6.67. The molecule has 0 amide bonds. The smallest absolute Gasteiger partial charge is 0.330 e. The van der Waals surface area contributed by atoms with Gasteiger partial charge in [-0.1, -0.05) is 20.4 Å². The molecular formula is C14H28O4S2. The topological polar surface area (TPSA) is 52.6 Å². The van der Waals surface area contributed by atoms with E-state index in [2.05, 4.69) is 30.9 Å². The van der Waals surface area contributed by atoms with Crippen LogP contribution in [0.1, 0.15) is 34.1 Å². The third-order valence-electron chi connectivity index (χ3n) is 1.41. The van der Waals surface area contributed by atoms with E-state index in [1.54, 1.807) is 18.7 Å². The Morgan fingerprint density at radius 1 is 1.15 bits per heavy atom. The molecular weight excluding hydrogens is 296 g/mol. The van der Waals surface area contributed by atoms with Crippen molar-refractivity contribution in [3.8, 4) is 0 Å². The van der Waals surface area contributed by atoms with Crippen molar-refractivity contribution in [3.63, 3.8) is 0 Å². The van der Waals surface area contributed by atoms with E-state index in [0.29, 0.717) is 19.6 Å². The summed E-state index contributed by atoms with van der Waals surface area (Å²) in [6.07, 6.45) is 1.69. The average Bonchev–Trinajstić information content (AvgIpc) is 2.41. The van der Waals surface area contributed by atoms with Gasteiger partial charge in [-0.2, -0.15) is 24.4 Å². The van der Waals surface area contributed by atoms with Crippen molar-refractivity contribution in [1.29, 1.82) is 0 Å². The van der Waals surface area contributed by atoms with Crippen molar-refractivity contribution < 1.29 is 19.1 Å². The summed E-state index contributed by atoms with van der Waals surface area (Å²) in [6.45, 7) is 11.8. The molecule has 120 valence electrons. The predicted octanol–water partition coefficient (Wildman–Crippen LogP) is 3.36. The Hall–Kier alpha value is -0.620. The van der Waals surface area contributed by atoms with Gasteiger partial charge in [0.05, 0.1) is 19.6 Å². The Labute approximate surface area is 133 Å². The van der Waals surface area contributed by atoms with E-state index >= 15 is 0 Å². The van der Waals surface area contributed by atoms with Crippen LogP contribution in [0.5, 0.6) is 0 Å². The lowest BCUT2D eigenvalue weighted by atomic mass is 10.5. The van der Waals surface area contributed by atoms with Crippen LogP contribution in [-0.4, -0.2) is 42.4 Å². The molecule has 0 aliphatic rings. The third-order valence-corrected chi connectivity index (χ3v) is 2.31. The standard InChI is InChI=1S/C7H14O2S.C5H8O2.C2H6S/c1-3-9-7(8)5-6-10-4-2;1-3-5(6)7-4-2;1-2-3/h3-6H2,1-2H3;3H,1,4H2,2H3;3H,2H2,1H3. The summed E-state index contributed by atoms with van der Waals surface area (Å²) in [5, 5.41) is 0. The molecule has 20 heavy (non-hydrogen) atoms. The SMILES string of the molecule is C=CC(=O)OCC.CCOC(=O)CCSCC.CCS. The molecule has 0 aliphatic carbocycles. The Bertz CT molecular complexity index is 233. The second-order valence-electron chi connectivity index (χ2n) is 3.02. The zero-order valence-corrected chi connectivity index (χ0v) is 14.7. The first-order chi connectivity index (χ1) is 9.53.